The van der Waals surface area contributed by atoms with E-state index in [9.17, 15) is 43.2 Å². The molecule has 0 radical (unpaired) electrons. The summed E-state index contributed by atoms with van der Waals surface area (Å²) in [6.45, 7) is 4.52. The lowest BCUT2D eigenvalue weighted by Gasteiger charge is -2.21. The molecule has 0 rings (SSSR count). The number of carbonyl (C=O) groups is 4. The Kier molecular flexibility index (Phi) is 69.5. The van der Waals surface area contributed by atoms with Crippen LogP contribution in [-0.4, -0.2) is 96.7 Å². The van der Waals surface area contributed by atoms with Crippen LogP contribution in [0.25, 0.3) is 0 Å². The van der Waals surface area contributed by atoms with E-state index < -0.39 is 97.5 Å². The number of phosphoric ester groups is 2. The molecular formula is C81H138O17P2. The Morgan fingerprint density at radius 1 is 0.290 bits per heavy atom. The predicted molar refractivity (Wildman–Crippen MR) is 408 cm³/mol. The molecule has 19 heteroatoms. The Hall–Kier alpha value is -4.54. The van der Waals surface area contributed by atoms with Gasteiger partial charge in [-0.3, -0.25) is 37.3 Å². The number of aliphatic hydroxyl groups excluding tert-OH is 1. The van der Waals surface area contributed by atoms with Gasteiger partial charge in [0.25, 0.3) is 0 Å². The largest absolute Gasteiger partial charge is 0.472 e. The van der Waals surface area contributed by atoms with E-state index in [0.717, 1.165) is 205 Å². The summed E-state index contributed by atoms with van der Waals surface area (Å²) in [5.41, 5.74) is 0. The molecule has 0 saturated heterocycles. The maximum absolute atomic E-state index is 13.1. The van der Waals surface area contributed by atoms with Crippen molar-refractivity contribution in [2.24, 2.45) is 0 Å². The zero-order valence-electron chi connectivity index (χ0n) is 62.6. The van der Waals surface area contributed by atoms with E-state index in [1.165, 1.54) is 25.7 Å². The minimum absolute atomic E-state index is 0.0694. The highest BCUT2D eigenvalue weighted by Crippen LogP contribution is 2.45. The number of phosphoric acid groups is 2. The van der Waals surface area contributed by atoms with E-state index in [4.69, 9.17) is 37.0 Å². The van der Waals surface area contributed by atoms with E-state index in [1.54, 1.807) is 0 Å². The molecule has 5 unspecified atom stereocenters. The van der Waals surface area contributed by atoms with Gasteiger partial charge in [0.2, 0.25) is 0 Å². The Labute approximate surface area is 606 Å². The lowest BCUT2D eigenvalue weighted by atomic mass is 10.1. The molecule has 17 nitrogen and oxygen atoms in total. The molecule has 5 atom stereocenters. The van der Waals surface area contributed by atoms with E-state index in [2.05, 4.69) is 149 Å². The van der Waals surface area contributed by atoms with Crippen molar-refractivity contribution in [2.75, 3.05) is 39.6 Å². The van der Waals surface area contributed by atoms with Crippen LogP contribution in [0.2, 0.25) is 0 Å². The van der Waals surface area contributed by atoms with Crippen molar-refractivity contribution in [1.29, 1.82) is 0 Å². The van der Waals surface area contributed by atoms with Gasteiger partial charge >= 0.3 is 39.5 Å². The van der Waals surface area contributed by atoms with Crippen LogP contribution in [0.15, 0.2) is 122 Å². The second kappa shape index (κ2) is 72.8. The van der Waals surface area contributed by atoms with Crippen LogP contribution in [0.4, 0.5) is 0 Å². The number of hydrogen-bond acceptors (Lipinski definition) is 15. The SMILES string of the molecule is CC/C=C\C/C=C\C/C=C\C/C=C\CCCCCCCCC(=O)OCC(COP(=O)(O)OCC(O)COP(=O)(O)OCC(COC(=O)CCCCCCC/C=C\C/C=C\CCC)OC(=O)CCCCCCC/C=C\CCCCCC)OC(=O)CCCCCCC/C=C\C/C=C\C/C=C\CC. The third kappa shape index (κ3) is 71.8. The van der Waals surface area contributed by atoms with Crippen molar-refractivity contribution in [3.63, 3.8) is 0 Å². The normalized spacial score (nSPS) is 14.6. The summed E-state index contributed by atoms with van der Waals surface area (Å²) >= 11 is 0. The van der Waals surface area contributed by atoms with Crippen LogP contribution in [0.3, 0.4) is 0 Å². The molecule has 0 aliphatic carbocycles. The summed E-state index contributed by atoms with van der Waals surface area (Å²) in [6, 6.07) is 0. The molecule has 0 spiro atoms. The van der Waals surface area contributed by atoms with Crippen LogP contribution >= 0.6 is 15.6 Å². The first-order valence-electron chi connectivity index (χ1n) is 38.8. The van der Waals surface area contributed by atoms with Gasteiger partial charge in [0, 0.05) is 25.7 Å². The van der Waals surface area contributed by atoms with Crippen molar-refractivity contribution in [3.8, 4) is 0 Å². The zero-order chi connectivity index (χ0) is 73.2. The highest BCUT2D eigenvalue weighted by Gasteiger charge is 2.30. The quantitative estimate of drug-likeness (QED) is 0.0169. The Balaban J connectivity index is 5.37. The molecule has 0 aromatic heterocycles. The molecule has 0 aromatic carbocycles. The lowest BCUT2D eigenvalue weighted by Crippen LogP contribution is -2.30. The van der Waals surface area contributed by atoms with E-state index >= 15 is 0 Å². The van der Waals surface area contributed by atoms with Crippen molar-refractivity contribution in [3.05, 3.63) is 122 Å². The molecule has 0 saturated carbocycles. The first-order valence-corrected chi connectivity index (χ1v) is 41.8. The molecule has 0 amide bonds. The number of ether oxygens (including phenoxy) is 4. The fourth-order valence-corrected chi connectivity index (χ4v) is 11.6. The Bertz CT molecular complexity index is 2370. The van der Waals surface area contributed by atoms with Crippen LogP contribution in [0, 0.1) is 0 Å². The number of esters is 4. The van der Waals surface area contributed by atoms with Gasteiger partial charge < -0.3 is 33.8 Å². The Morgan fingerprint density at radius 2 is 0.540 bits per heavy atom. The molecule has 3 N–H and O–H groups in total. The number of rotatable bonds is 72. The smallest absolute Gasteiger partial charge is 0.462 e. The average molecular weight is 1450 g/mol. The van der Waals surface area contributed by atoms with Crippen molar-refractivity contribution in [2.45, 2.75) is 329 Å². The fraction of sp³-hybridized carbons (Fsp3) is 0.704. The number of hydrogen-bond donors (Lipinski definition) is 3. The second-order valence-electron chi connectivity index (χ2n) is 25.5. The number of unbranched alkanes of at least 4 members (excludes halogenated alkanes) is 26. The zero-order valence-corrected chi connectivity index (χ0v) is 64.4. The summed E-state index contributed by atoms with van der Waals surface area (Å²) in [7, 11) is -9.97. The van der Waals surface area contributed by atoms with Crippen LogP contribution in [0.1, 0.15) is 310 Å². The van der Waals surface area contributed by atoms with Crippen molar-refractivity contribution in [1.82, 2.24) is 0 Å². The highest BCUT2D eigenvalue weighted by molar-refractivity contribution is 7.47. The van der Waals surface area contributed by atoms with Gasteiger partial charge in [-0.2, -0.15) is 0 Å². The monoisotopic (exact) mass is 1440 g/mol. The fourth-order valence-electron chi connectivity index (χ4n) is 10.0. The predicted octanol–water partition coefficient (Wildman–Crippen LogP) is 22.3. The maximum atomic E-state index is 13.1. The summed E-state index contributed by atoms with van der Waals surface area (Å²) in [5.74, 6) is -2.23. The molecule has 0 aliphatic heterocycles. The molecule has 0 aromatic rings. The van der Waals surface area contributed by atoms with Gasteiger partial charge in [-0.15, -0.1) is 0 Å². The highest BCUT2D eigenvalue weighted by atomic mass is 31.2. The van der Waals surface area contributed by atoms with Gasteiger partial charge in [0.1, 0.15) is 19.3 Å². The van der Waals surface area contributed by atoms with E-state index in [1.807, 2.05) is 0 Å². The number of carbonyl (C=O) groups excluding carboxylic acids is 4. The first kappa shape index (κ1) is 95.5. The number of allylic oxidation sites excluding steroid dienone is 20. The first-order chi connectivity index (χ1) is 48.7. The Morgan fingerprint density at radius 3 is 0.850 bits per heavy atom. The molecule has 100 heavy (non-hydrogen) atoms. The van der Waals surface area contributed by atoms with E-state index in [0.29, 0.717) is 25.7 Å². The lowest BCUT2D eigenvalue weighted by molar-refractivity contribution is -0.161. The van der Waals surface area contributed by atoms with Gasteiger partial charge in [0.05, 0.1) is 26.4 Å². The molecule has 0 heterocycles. The van der Waals surface area contributed by atoms with Crippen molar-refractivity contribution < 1.29 is 80.2 Å². The van der Waals surface area contributed by atoms with Gasteiger partial charge in [-0.25, -0.2) is 9.13 Å². The minimum atomic E-state index is -4.99. The second-order valence-corrected chi connectivity index (χ2v) is 28.4. The van der Waals surface area contributed by atoms with Gasteiger partial charge in [0.15, 0.2) is 12.2 Å². The summed E-state index contributed by atoms with van der Waals surface area (Å²) in [6.07, 6.45) is 79.0. The van der Waals surface area contributed by atoms with Crippen LogP contribution < -0.4 is 0 Å². The molecule has 0 bridgehead atoms. The van der Waals surface area contributed by atoms with Crippen LogP contribution in [-0.2, 0) is 65.4 Å². The van der Waals surface area contributed by atoms with Gasteiger partial charge in [-0.05, 0) is 148 Å². The summed E-state index contributed by atoms with van der Waals surface area (Å²) in [5, 5.41) is 10.6. The number of aliphatic hydroxyl groups is 1. The average Bonchev–Trinajstić information content (AvgIpc) is 0.946. The van der Waals surface area contributed by atoms with E-state index in [-0.39, 0.29) is 25.7 Å². The summed E-state index contributed by atoms with van der Waals surface area (Å²) < 4.78 is 68.5. The van der Waals surface area contributed by atoms with Gasteiger partial charge in [-0.1, -0.05) is 258 Å². The minimum Gasteiger partial charge on any atom is -0.462 e. The van der Waals surface area contributed by atoms with Crippen LogP contribution in [0.5, 0.6) is 0 Å². The molecule has 0 aliphatic rings. The molecular weight excluding hydrogens is 1310 g/mol. The third-order valence-electron chi connectivity index (χ3n) is 15.9. The van der Waals surface area contributed by atoms with Crippen molar-refractivity contribution >= 4 is 39.5 Å². The summed E-state index contributed by atoms with van der Waals surface area (Å²) in [4.78, 5) is 72.9. The maximum Gasteiger partial charge on any atom is 0.472 e. The molecule has 574 valence electrons. The molecule has 0 fully saturated rings. The third-order valence-corrected chi connectivity index (χ3v) is 17.8. The topological polar surface area (TPSA) is 237 Å². The standard InChI is InChI=1S/C81H138O17P2/c1-5-9-13-17-21-25-29-33-35-36-37-38-40-43-46-50-54-58-62-66-79(84)92-72-77(98-81(86)68-64-60-56-52-48-44-39-34-30-26-22-18-14-10-6-2)74-96-100(89,90)94-70-75(82)69-93-99(87,88)95-73-76(97-80(85)67-63-59-55-51-47-42-32-28-24-20-16-12-8-4)71-91-78(83)65-61-57-53-49-45-41-31-27-23-19-15-11-7-3/h9-10,13-15,19,21-22,25-28,31-35,37-39,75-77,82H,5-8,11-12,16-18,20,23-24,29-30,36,40-74H2,1-4H3,(H,87,88)(H,89,90)/b13-9-,14-10-,19-15-,25-21-,26-22-,31-27-,32-28-,35-33-,38-37-,39-34-.